The van der Waals surface area contributed by atoms with E-state index in [-0.39, 0.29) is 27.4 Å². The summed E-state index contributed by atoms with van der Waals surface area (Å²) in [5, 5.41) is 14.7. The Bertz CT molecular complexity index is 1680. The minimum absolute atomic E-state index is 0.0293. The Morgan fingerprint density at radius 1 is 0.644 bits per heavy atom. The van der Waals surface area contributed by atoms with E-state index in [2.05, 4.69) is 157 Å². The molecule has 1 fully saturated rings. The Hall–Kier alpha value is -2.76. The minimum atomic E-state index is -0.692. The van der Waals surface area contributed by atoms with Crippen molar-refractivity contribution in [1.29, 1.82) is 0 Å². The third kappa shape index (κ3) is 6.08. The first-order valence-electron chi connectivity index (χ1n) is 16.7. The lowest BCUT2D eigenvalue weighted by atomic mass is 9.69. The third-order valence-electron chi connectivity index (χ3n) is 10.1. The normalized spacial score (nSPS) is 17.5. The number of hydrogen-bond acceptors (Lipinski definition) is 3. The molecule has 4 aromatic rings. The van der Waals surface area contributed by atoms with Crippen molar-refractivity contribution in [3.63, 3.8) is 0 Å². The maximum atomic E-state index is 12.4. The van der Waals surface area contributed by atoms with Crippen LogP contribution in [0, 0.1) is 5.41 Å². The number of nitrogens with zero attached hydrogens (tertiary/aromatic N) is 1. The van der Waals surface area contributed by atoms with Gasteiger partial charge in [-0.2, -0.15) is 0 Å². The highest BCUT2D eigenvalue weighted by molar-refractivity contribution is 6.63. The topological polar surface area (TPSA) is 43.6 Å². The molecule has 0 spiro atoms. The monoisotopic (exact) mass is 609 g/mol. The second-order valence-corrected chi connectivity index (χ2v) is 18.4. The van der Waals surface area contributed by atoms with Crippen LogP contribution in [0.5, 0.6) is 5.75 Å². The van der Waals surface area contributed by atoms with E-state index < -0.39 is 18.3 Å². The molecule has 3 aromatic carbocycles. The Morgan fingerprint density at radius 2 is 1.09 bits per heavy atom. The van der Waals surface area contributed by atoms with E-state index in [0.29, 0.717) is 5.46 Å². The Morgan fingerprint density at radius 3 is 1.49 bits per heavy atom. The first-order valence-corrected chi connectivity index (χ1v) is 16.7. The van der Waals surface area contributed by atoms with Gasteiger partial charge >= 0.3 is 7.12 Å². The van der Waals surface area contributed by atoms with Crippen LogP contribution in [0.2, 0.25) is 0 Å². The molecule has 0 atom stereocenters. The fraction of sp³-hybridized carbons (Fsp3) is 0.550. The van der Waals surface area contributed by atoms with Crippen LogP contribution in [0.1, 0.15) is 127 Å². The Kier molecular flexibility index (Phi) is 7.75. The van der Waals surface area contributed by atoms with Gasteiger partial charge in [0.2, 0.25) is 0 Å². The Labute approximate surface area is 272 Å². The average molecular weight is 610 g/mol. The number of benzene rings is 3. The molecule has 1 aliphatic heterocycles. The highest BCUT2D eigenvalue weighted by Crippen LogP contribution is 2.44. The molecule has 1 aromatic heterocycles. The van der Waals surface area contributed by atoms with Gasteiger partial charge in [-0.3, -0.25) is 0 Å². The van der Waals surface area contributed by atoms with Gasteiger partial charge in [0.25, 0.3) is 0 Å². The van der Waals surface area contributed by atoms with Crippen molar-refractivity contribution in [2.24, 2.45) is 5.41 Å². The highest BCUT2D eigenvalue weighted by atomic mass is 16.7. The second kappa shape index (κ2) is 10.4. The van der Waals surface area contributed by atoms with Crippen LogP contribution in [0.25, 0.3) is 27.5 Å². The van der Waals surface area contributed by atoms with Crippen molar-refractivity contribution in [1.82, 2.24) is 4.57 Å². The molecule has 0 radical (unpaired) electrons. The van der Waals surface area contributed by atoms with Crippen LogP contribution in [-0.2, 0) is 25.6 Å². The molecule has 242 valence electrons. The van der Waals surface area contributed by atoms with Gasteiger partial charge < -0.3 is 19.0 Å². The summed E-state index contributed by atoms with van der Waals surface area (Å²) in [4.78, 5) is 0. The number of phenolic OH excluding ortho intramolecular Hbond substituents is 1. The summed E-state index contributed by atoms with van der Waals surface area (Å²) in [5.74, 6) is 0.199. The summed E-state index contributed by atoms with van der Waals surface area (Å²) in [7, 11) is -0.692. The van der Waals surface area contributed by atoms with Gasteiger partial charge in [-0.15, -0.1) is 0 Å². The van der Waals surface area contributed by atoms with Crippen LogP contribution in [0.15, 0.2) is 48.5 Å². The number of aromatic hydroxyl groups is 1. The fourth-order valence-corrected chi connectivity index (χ4v) is 6.99. The van der Waals surface area contributed by atoms with Crippen molar-refractivity contribution in [3.8, 4) is 11.4 Å². The molecule has 1 N–H and O–H groups in total. The van der Waals surface area contributed by atoms with E-state index in [1.807, 2.05) is 0 Å². The van der Waals surface area contributed by atoms with Crippen LogP contribution < -0.4 is 5.46 Å². The molecule has 0 amide bonds. The van der Waals surface area contributed by atoms with Crippen molar-refractivity contribution in [2.45, 2.75) is 138 Å². The quantitative estimate of drug-likeness (QED) is 0.234. The largest absolute Gasteiger partial charge is 0.506 e. The van der Waals surface area contributed by atoms with Crippen molar-refractivity contribution in [2.75, 3.05) is 0 Å². The smallest absolute Gasteiger partial charge is 0.498 e. The SMILES string of the molecule is CC(C)(C)CC(C)(C)c1cc(B2OC(C)(C)C(C)(C)O2)c(O)c(-n2c3cc(C(C)(C)C)ccc3c3ccc(C(C)(C)C)cc32)c1. The summed E-state index contributed by atoms with van der Waals surface area (Å²) < 4.78 is 15.5. The summed E-state index contributed by atoms with van der Waals surface area (Å²) in [5.41, 5.74) is 6.10. The van der Waals surface area contributed by atoms with Crippen molar-refractivity contribution >= 4 is 34.4 Å². The maximum Gasteiger partial charge on any atom is 0.498 e. The lowest BCUT2D eigenvalue weighted by Gasteiger charge is -2.34. The third-order valence-corrected chi connectivity index (χ3v) is 10.1. The molecule has 5 rings (SSSR count). The lowest BCUT2D eigenvalue weighted by Crippen LogP contribution is -2.41. The molecule has 2 heterocycles. The average Bonchev–Trinajstić information content (AvgIpc) is 3.29. The molecule has 0 aliphatic carbocycles. The molecule has 5 heteroatoms. The zero-order valence-electron chi connectivity index (χ0n) is 30.6. The first-order chi connectivity index (χ1) is 20.3. The van der Waals surface area contributed by atoms with E-state index in [1.165, 1.54) is 21.9 Å². The van der Waals surface area contributed by atoms with E-state index in [4.69, 9.17) is 9.31 Å². The standard InChI is InChI=1S/C40H56BNO3/c1-35(2,3)24-38(10,11)27-20-30(41-44-39(12,13)40(14,15)45-41)34(43)33(23-27)42-31-21-25(36(4,5)6)16-18-28(31)29-19-17-26(22-32(29)42)37(7,8)9/h16-23,43H,24H2,1-15H3. The summed E-state index contributed by atoms with van der Waals surface area (Å²) in [6, 6.07) is 18.0. The predicted octanol–water partition coefficient (Wildman–Crippen LogP) is 10.1. The Balaban J connectivity index is 1.91. The fourth-order valence-electron chi connectivity index (χ4n) is 6.99. The van der Waals surface area contributed by atoms with Gasteiger partial charge in [0.15, 0.2) is 0 Å². The van der Waals surface area contributed by atoms with Gasteiger partial charge in [0.05, 0.1) is 27.9 Å². The number of phenols is 1. The van der Waals surface area contributed by atoms with E-state index in [0.717, 1.165) is 28.7 Å². The van der Waals surface area contributed by atoms with E-state index in [9.17, 15) is 5.11 Å². The predicted molar refractivity (Wildman–Crippen MR) is 193 cm³/mol. The van der Waals surface area contributed by atoms with Crippen LogP contribution in [-0.4, -0.2) is 28.0 Å². The van der Waals surface area contributed by atoms with E-state index >= 15 is 0 Å². The van der Waals surface area contributed by atoms with Gasteiger partial charge in [0, 0.05) is 16.2 Å². The second-order valence-electron chi connectivity index (χ2n) is 18.4. The molecule has 45 heavy (non-hydrogen) atoms. The van der Waals surface area contributed by atoms with Gasteiger partial charge in [0.1, 0.15) is 5.75 Å². The van der Waals surface area contributed by atoms with Crippen molar-refractivity contribution in [3.05, 3.63) is 65.2 Å². The van der Waals surface area contributed by atoms with Gasteiger partial charge in [-0.1, -0.05) is 106 Å². The van der Waals surface area contributed by atoms with Crippen LogP contribution in [0.4, 0.5) is 0 Å². The number of fused-ring (bicyclic) bond motifs is 3. The number of aromatic nitrogens is 1. The molecule has 0 bridgehead atoms. The number of hydrogen-bond donors (Lipinski definition) is 1. The molecular weight excluding hydrogens is 553 g/mol. The zero-order chi connectivity index (χ0) is 33.7. The van der Waals surface area contributed by atoms with Crippen molar-refractivity contribution < 1.29 is 14.4 Å². The summed E-state index contributed by atoms with van der Waals surface area (Å²) >= 11 is 0. The van der Waals surface area contributed by atoms with Crippen LogP contribution >= 0.6 is 0 Å². The molecule has 1 saturated heterocycles. The van der Waals surface area contributed by atoms with Gasteiger partial charge in [-0.05, 0) is 90.7 Å². The molecular formula is C40H56BNO3. The summed E-state index contributed by atoms with van der Waals surface area (Å²) in [6.45, 7) is 33.3. The molecule has 4 nitrogen and oxygen atoms in total. The highest BCUT2D eigenvalue weighted by Gasteiger charge is 2.53. The number of rotatable bonds is 4. The van der Waals surface area contributed by atoms with E-state index in [1.54, 1.807) is 0 Å². The zero-order valence-corrected chi connectivity index (χ0v) is 30.6. The minimum Gasteiger partial charge on any atom is -0.506 e. The molecule has 0 unspecified atom stereocenters. The first kappa shape index (κ1) is 33.6. The van der Waals surface area contributed by atoms with Crippen LogP contribution in [0.3, 0.4) is 0 Å². The maximum absolute atomic E-state index is 12.4. The molecule has 0 saturated carbocycles. The van der Waals surface area contributed by atoms with Gasteiger partial charge in [-0.25, -0.2) is 0 Å². The summed E-state index contributed by atoms with van der Waals surface area (Å²) in [6.07, 6.45) is 0.975. The lowest BCUT2D eigenvalue weighted by molar-refractivity contribution is 0.00578. The molecule has 1 aliphatic rings.